The van der Waals surface area contributed by atoms with Crippen molar-refractivity contribution < 1.29 is 21.8 Å². The van der Waals surface area contributed by atoms with Crippen LogP contribution in [0.5, 0.6) is 0 Å². The third-order valence-electron chi connectivity index (χ3n) is 4.83. The maximum atomic E-state index is 5.92. The fraction of sp³-hybridized carbons (Fsp3) is 0.179. The van der Waals surface area contributed by atoms with Gasteiger partial charge in [-0.05, 0) is 24.3 Å². The molecule has 0 spiro atoms. The van der Waals surface area contributed by atoms with Gasteiger partial charge < -0.3 is 10.1 Å². The fourth-order valence-corrected chi connectivity index (χ4v) is 5.48. The van der Waals surface area contributed by atoms with E-state index >= 15 is 0 Å². The molecule has 1 fully saturated rings. The van der Waals surface area contributed by atoms with Crippen molar-refractivity contribution in [2.45, 2.75) is 19.9 Å². The molecule has 2 aromatic carbocycles. The van der Waals surface area contributed by atoms with Gasteiger partial charge in [-0.3, -0.25) is 11.5 Å². The van der Waals surface area contributed by atoms with E-state index in [2.05, 4.69) is 109 Å². The van der Waals surface area contributed by atoms with Crippen LogP contribution in [-0.4, -0.2) is 12.6 Å². The van der Waals surface area contributed by atoms with Crippen molar-refractivity contribution >= 4 is 18.5 Å². The van der Waals surface area contributed by atoms with E-state index in [1.807, 2.05) is 12.1 Å². The predicted octanol–water partition coefficient (Wildman–Crippen LogP) is 5.40. The van der Waals surface area contributed by atoms with Gasteiger partial charge in [0.1, 0.15) is 0 Å². The third kappa shape index (κ3) is 5.83. The molecule has 2 aromatic rings. The molecule has 1 aliphatic heterocycles. The van der Waals surface area contributed by atoms with E-state index in [-0.39, 0.29) is 23.1 Å². The van der Waals surface area contributed by atoms with Gasteiger partial charge in [0.15, 0.2) is 0 Å². The Morgan fingerprint density at radius 1 is 0.938 bits per heavy atom. The summed E-state index contributed by atoms with van der Waals surface area (Å²) < 4.78 is 5.92. The number of hydrogen-bond acceptors (Lipinski definition) is 1. The quantitative estimate of drug-likeness (QED) is 0.247. The molecule has 32 heavy (non-hydrogen) atoms. The average Bonchev–Trinajstić information content (AvgIpc) is 3.58. The minimum atomic E-state index is -0.754. The van der Waals surface area contributed by atoms with Gasteiger partial charge in [-0.2, -0.15) is 0 Å². The summed E-state index contributed by atoms with van der Waals surface area (Å²) >= 11 is 0. The molecular formula is C28H20FeNOP. The molecule has 3 aliphatic rings. The van der Waals surface area contributed by atoms with Crippen molar-refractivity contribution in [2.75, 3.05) is 6.61 Å². The van der Waals surface area contributed by atoms with Crippen LogP contribution >= 0.6 is 7.92 Å². The first-order chi connectivity index (χ1) is 15.2. The molecule has 0 amide bonds. The topological polar surface area (TPSA) is 23.3 Å². The molecule has 0 saturated carbocycles. The minimum absolute atomic E-state index is 0. The first-order valence-electron chi connectivity index (χ1n) is 10.1. The van der Waals surface area contributed by atoms with Crippen LogP contribution in [0, 0.1) is 24.3 Å². The van der Waals surface area contributed by atoms with E-state index < -0.39 is 7.92 Å². The summed E-state index contributed by atoms with van der Waals surface area (Å²) in [4.78, 5) is 0. The molecule has 0 aromatic heterocycles. The van der Waals surface area contributed by atoms with Crippen LogP contribution < -0.4 is 10.6 Å². The van der Waals surface area contributed by atoms with Crippen LogP contribution in [-0.2, 0) is 21.8 Å². The average molecular weight is 473 g/mol. The minimum Gasteiger partial charge on any atom is -0.623 e. The smallest absolute Gasteiger partial charge is 0.623 e. The number of ether oxygens (including phenoxy) is 1. The van der Waals surface area contributed by atoms with Gasteiger partial charge in [-0.15, -0.1) is 18.2 Å². The van der Waals surface area contributed by atoms with Gasteiger partial charge >= 0.3 is 17.1 Å². The van der Waals surface area contributed by atoms with E-state index in [4.69, 9.17) is 10.1 Å². The van der Waals surface area contributed by atoms with Crippen LogP contribution in [0.2, 0.25) is 0 Å². The zero-order valence-corrected chi connectivity index (χ0v) is 19.8. The van der Waals surface area contributed by atoms with Crippen molar-refractivity contribution in [3.63, 3.8) is 0 Å². The molecule has 156 valence electrons. The van der Waals surface area contributed by atoms with E-state index in [0.717, 1.165) is 10.9 Å². The van der Waals surface area contributed by atoms with Gasteiger partial charge in [-0.1, -0.05) is 91.9 Å². The molecule has 1 heterocycles. The predicted molar refractivity (Wildman–Crippen MR) is 125 cm³/mol. The first-order valence-corrected chi connectivity index (χ1v) is 11.5. The van der Waals surface area contributed by atoms with Crippen molar-refractivity contribution in [1.29, 1.82) is 0 Å². The monoisotopic (exact) mass is 473 g/mol. The maximum absolute atomic E-state index is 5.92. The van der Waals surface area contributed by atoms with Crippen LogP contribution in [0.25, 0.3) is 5.32 Å². The van der Waals surface area contributed by atoms with E-state index in [0.29, 0.717) is 18.8 Å². The number of allylic oxidation sites excluding steroid dienone is 2. The molecule has 4 heteroatoms. The van der Waals surface area contributed by atoms with Crippen molar-refractivity contribution in [2.24, 2.45) is 5.92 Å². The van der Waals surface area contributed by atoms with Crippen molar-refractivity contribution in [3.05, 3.63) is 130 Å². The number of nitrogens with zero attached hydrogens (tertiary/aromatic N) is 1. The summed E-state index contributed by atoms with van der Waals surface area (Å²) in [5.41, 5.74) is 18.0. The van der Waals surface area contributed by atoms with Crippen LogP contribution in [0.1, 0.15) is 13.8 Å². The Kier molecular flexibility index (Phi) is 8.98. The summed E-state index contributed by atoms with van der Waals surface area (Å²) in [5, 5.41) is 8.43. The molecule has 0 N–H and O–H groups in total. The Hall–Kier alpha value is -2.53. The molecule has 2 nitrogen and oxygen atoms in total. The van der Waals surface area contributed by atoms with E-state index in [1.165, 1.54) is 10.6 Å². The molecule has 0 bridgehead atoms. The van der Waals surface area contributed by atoms with Gasteiger partial charge in [-0.25, -0.2) is 5.73 Å². The Morgan fingerprint density at radius 3 is 2.06 bits per heavy atom. The summed E-state index contributed by atoms with van der Waals surface area (Å²) in [6, 6.07) is 21.4. The molecule has 0 unspecified atom stereocenters. The van der Waals surface area contributed by atoms with Crippen LogP contribution in [0.4, 0.5) is 0 Å². The van der Waals surface area contributed by atoms with E-state index in [9.17, 15) is 0 Å². The SMILES string of the molecule is CC(C)[C@H]1CO[C](C2=C=C=C=C2P(c2ccccc2)c2ccccc2)[N-]1.[C]1=C=C=C=[C-]1.[Fe+2]. The van der Waals surface area contributed by atoms with Crippen LogP contribution in [0.15, 0.2) is 106 Å². The second kappa shape index (κ2) is 11.9. The molecule has 1 atom stereocenters. The Morgan fingerprint density at radius 2 is 1.59 bits per heavy atom. The fourth-order valence-electron chi connectivity index (χ4n) is 3.18. The summed E-state index contributed by atoms with van der Waals surface area (Å²) in [5.74, 6) is 0.462. The van der Waals surface area contributed by atoms with Gasteiger partial charge in [0, 0.05) is 23.7 Å². The zero-order chi connectivity index (χ0) is 21.5. The van der Waals surface area contributed by atoms with Gasteiger partial charge in [0.05, 0.1) is 0 Å². The molecule has 2 radical (unpaired) electrons. The molecule has 1 saturated heterocycles. The number of hydrogen-bond donors (Lipinski definition) is 0. The number of benzene rings is 2. The van der Waals surface area contributed by atoms with Crippen molar-refractivity contribution in [1.82, 2.24) is 0 Å². The Balaban J connectivity index is 0.000000427. The second-order valence-electron chi connectivity index (χ2n) is 7.29. The largest absolute Gasteiger partial charge is 2.00 e. The molecule has 2 aliphatic carbocycles. The van der Waals surface area contributed by atoms with E-state index in [1.54, 1.807) is 0 Å². The maximum Gasteiger partial charge on any atom is 2.00 e. The Bertz CT molecular complexity index is 1160. The van der Waals surface area contributed by atoms with Crippen LogP contribution in [0.3, 0.4) is 0 Å². The Labute approximate surface area is 202 Å². The molecular weight excluding hydrogens is 453 g/mol. The number of rotatable bonds is 5. The standard InChI is InChI=1S/C23H20NOP.C5.Fe/c1-17(2)21-16-25-23(24-21)20-14-9-15-22(20)26(18-10-5-3-6-11-18)19-12-7-4-8-13-19;1-2-4-5-3-1;/h3-8,10-13,17,21H,16H2,1-2H3;;/q2*-1;+2/t21-;;/m1../s1. The van der Waals surface area contributed by atoms with Crippen molar-refractivity contribution in [3.8, 4) is 0 Å². The van der Waals surface area contributed by atoms with Gasteiger partial charge in [0.2, 0.25) is 0 Å². The summed E-state index contributed by atoms with van der Waals surface area (Å²) in [6.45, 7) is 4.99. The van der Waals surface area contributed by atoms with Gasteiger partial charge in [0.25, 0.3) is 0 Å². The zero-order valence-electron chi connectivity index (χ0n) is 17.8. The first kappa shape index (κ1) is 24.1. The molecule has 5 rings (SSSR count). The summed E-state index contributed by atoms with van der Waals surface area (Å²) in [7, 11) is -0.754. The third-order valence-corrected chi connectivity index (χ3v) is 7.24. The second-order valence-corrected chi connectivity index (χ2v) is 9.44. The summed E-state index contributed by atoms with van der Waals surface area (Å²) in [6.07, 6.45) is 5.69. The normalized spacial score (nSPS) is 17.6.